The van der Waals surface area contributed by atoms with Crippen molar-refractivity contribution in [3.05, 3.63) is 90.0 Å². The molecule has 0 radical (unpaired) electrons. The molecule has 0 amide bonds. The van der Waals surface area contributed by atoms with Crippen LogP contribution in [0.25, 0.3) is 11.6 Å². The van der Waals surface area contributed by atoms with Crippen LogP contribution < -0.4 is 4.90 Å². The summed E-state index contributed by atoms with van der Waals surface area (Å²) in [5, 5.41) is 0. The molecule has 0 aromatic heterocycles. The number of anilines is 1. The van der Waals surface area contributed by atoms with Gasteiger partial charge in [-0.15, -0.1) is 0 Å². The molecule has 2 aromatic carbocycles. The fourth-order valence-electron chi connectivity index (χ4n) is 2.33. The van der Waals surface area contributed by atoms with Gasteiger partial charge in [-0.2, -0.15) is 0 Å². The molecule has 2 rings (SSSR count). The third-order valence-electron chi connectivity index (χ3n) is 3.62. The van der Waals surface area contributed by atoms with Crippen LogP contribution in [-0.4, -0.2) is 14.1 Å². The Morgan fingerprint density at radius 1 is 1.00 bits per heavy atom. The molecular formula is C21H23N. The second-order valence-electron chi connectivity index (χ2n) is 5.49. The molecule has 1 heteroatoms. The molecule has 1 nitrogen and oxygen atoms in total. The van der Waals surface area contributed by atoms with E-state index < -0.39 is 0 Å². The van der Waals surface area contributed by atoms with Crippen LogP contribution in [0.5, 0.6) is 0 Å². The molecule has 2 aromatic rings. The highest BCUT2D eigenvalue weighted by Gasteiger charge is 2.00. The number of hydrogen-bond donors (Lipinski definition) is 0. The van der Waals surface area contributed by atoms with Crippen LogP contribution in [0.15, 0.2) is 73.3 Å². The van der Waals surface area contributed by atoms with Crippen molar-refractivity contribution in [2.24, 2.45) is 0 Å². The summed E-state index contributed by atoms with van der Waals surface area (Å²) in [6.07, 6.45) is 8.17. The Kier molecular flexibility index (Phi) is 5.37. The van der Waals surface area contributed by atoms with Gasteiger partial charge in [0.05, 0.1) is 0 Å². The Balaban J connectivity index is 2.27. The van der Waals surface area contributed by atoms with E-state index in [0.717, 1.165) is 0 Å². The average Bonchev–Trinajstić information content (AvgIpc) is 2.52. The third-order valence-corrected chi connectivity index (χ3v) is 3.62. The van der Waals surface area contributed by atoms with E-state index >= 15 is 0 Å². The first kappa shape index (κ1) is 15.8. The quantitative estimate of drug-likeness (QED) is 0.671. The van der Waals surface area contributed by atoms with Gasteiger partial charge in [-0.3, -0.25) is 0 Å². The molecule has 0 saturated carbocycles. The predicted molar refractivity (Wildman–Crippen MR) is 99.2 cm³/mol. The molecule has 0 aliphatic carbocycles. The van der Waals surface area contributed by atoms with Crippen LogP contribution in [0.2, 0.25) is 0 Å². The SMILES string of the molecule is C=C/C=C(/C=Cc1ccc(N(C)C)cc1)c1ccccc1C. The van der Waals surface area contributed by atoms with Crippen LogP contribution in [0.4, 0.5) is 5.69 Å². The van der Waals surface area contributed by atoms with Crippen molar-refractivity contribution in [1.29, 1.82) is 0 Å². The lowest BCUT2D eigenvalue weighted by Crippen LogP contribution is -2.07. The molecule has 0 saturated heterocycles. The molecule has 0 aliphatic rings. The van der Waals surface area contributed by atoms with E-state index in [-0.39, 0.29) is 0 Å². The molecule has 0 spiro atoms. The van der Waals surface area contributed by atoms with E-state index in [1.165, 1.54) is 28.0 Å². The van der Waals surface area contributed by atoms with Gasteiger partial charge in [0.1, 0.15) is 0 Å². The first-order chi connectivity index (χ1) is 10.6. The van der Waals surface area contributed by atoms with Gasteiger partial charge in [-0.1, -0.05) is 67.3 Å². The maximum absolute atomic E-state index is 3.83. The number of benzene rings is 2. The zero-order valence-corrected chi connectivity index (χ0v) is 13.6. The Hall–Kier alpha value is -2.54. The number of hydrogen-bond acceptors (Lipinski definition) is 1. The summed E-state index contributed by atoms with van der Waals surface area (Å²) >= 11 is 0. The minimum Gasteiger partial charge on any atom is -0.378 e. The van der Waals surface area contributed by atoms with Crippen molar-refractivity contribution < 1.29 is 0 Å². The first-order valence-electron chi connectivity index (χ1n) is 7.46. The number of nitrogens with zero attached hydrogens (tertiary/aromatic N) is 1. The number of rotatable bonds is 5. The molecule has 0 aliphatic heterocycles. The van der Waals surface area contributed by atoms with Gasteiger partial charge in [0, 0.05) is 19.8 Å². The largest absolute Gasteiger partial charge is 0.378 e. The standard InChI is InChI=1S/C21H23N/c1-5-8-19(21-10-7-6-9-17(21)2)14-11-18-12-15-20(16-13-18)22(3)4/h5-16H,1H2,2-4H3/b14-11?,19-8-. The van der Waals surface area contributed by atoms with E-state index in [1.54, 1.807) is 0 Å². The van der Waals surface area contributed by atoms with Crippen LogP contribution >= 0.6 is 0 Å². The third kappa shape index (κ3) is 3.98. The number of aryl methyl sites for hydroxylation is 1. The molecule has 112 valence electrons. The predicted octanol–water partition coefficient (Wildman–Crippen LogP) is 5.34. The summed E-state index contributed by atoms with van der Waals surface area (Å²) in [7, 11) is 4.10. The fourth-order valence-corrected chi connectivity index (χ4v) is 2.33. The van der Waals surface area contributed by atoms with Gasteiger partial charge in [0.2, 0.25) is 0 Å². The van der Waals surface area contributed by atoms with Crippen molar-refractivity contribution in [1.82, 2.24) is 0 Å². The average molecular weight is 289 g/mol. The van der Waals surface area contributed by atoms with E-state index in [9.17, 15) is 0 Å². The van der Waals surface area contributed by atoms with Gasteiger partial charge in [-0.25, -0.2) is 0 Å². The lowest BCUT2D eigenvalue weighted by atomic mass is 9.99. The minimum absolute atomic E-state index is 1.17. The summed E-state index contributed by atoms with van der Waals surface area (Å²) in [6, 6.07) is 16.9. The smallest absolute Gasteiger partial charge is 0.0361 e. The highest BCUT2D eigenvalue weighted by atomic mass is 15.1. The van der Waals surface area contributed by atoms with Crippen LogP contribution in [0.1, 0.15) is 16.7 Å². The first-order valence-corrected chi connectivity index (χ1v) is 7.46. The van der Waals surface area contributed by atoms with Crippen LogP contribution in [0, 0.1) is 6.92 Å². The Morgan fingerprint density at radius 2 is 1.68 bits per heavy atom. The van der Waals surface area contributed by atoms with E-state index in [2.05, 4.69) is 79.1 Å². The summed E-state index contributed by atoms with van der Waals surface area (Å²) in [4.78, 5) is 2.10. The van der Waals surface area contributed by atoms with Gasteiger partial charge < -0.3 is 4.90 Å². The maximum Gasteiger partial charge on any atom is 0.0361 e. The van der Waals surface area contributed by atoms with E-state index in [1.807, 2.05) is 26.2 Å². The van der Waals surface area contributed by atoms with Gasteiger partial charge in [-0.05, 0) is 41.3 Å². The molecule has 22 heavy (non-hydrogen) atoms. The summed E-state index contributed by atoms with van der Waals surface area (Å²) in [6.45, 7) is 5.96. The fraction of sp³-hybridized carbons (Fsp3) is 0.143. The summed E-state index contributed by atoms with van der Waals surface area (Å²) in [5.74, 6) is 0. The van der Waals surface area contributed by atoms with Crippen molar-refractivity contribution in [3.63, 3.8) is 0 Å². The molecule has 0 bridgehead atoms. The molecule has 0 heterocycles. The zero-order valence-electron chi connectivity index (χ0n) is 13.6. The molecular weight excluding hydrogens is 266 g/mol. The normalized spacial score (nSPS) is 11.7. The lowest BCUT2D eigenvalue weighted by Gasteiger charge is -2.12. The molecule has 0 unspecified atom stereocenters. The number of allylic oxidation sites excluding steroid dienone is 4. The topological polar surface area (TPSA) is 3.24 Å². The van der Waals surface area contributed by atoms with E-state index in [4.69, 9.17) is 0 Å². The molecule has 0 N–H and O–H groups in total. The minimum atomic E-state index is 1.17. The summed E-state index contributed by atoms with van der Waals surface area (Å²) in [5.41, 5.74) is 6.07. The Bertz CT molecular complexity index is 688. The maximum atomic E-state index is 3.83. The second kappa shape index (κ2) is 7.46. The molecule has 0 atom stereocenters. The Labute approximate surface area is 133 Å². The zero-order chi connectivity index (χ0) is 15.9. The Morgan fingerprint density at radius 3 is 2.27 bits per heavy atom. The van der Waals surface area contributed by atoms with E-state index in [0.29, 0.717) is 0 Å². The highest BCUT2D eigenvalue weighted by molar-refractivity contribution is 5.81. The van der Waals surface area contributed by atoms with Crippen molar-refractivity contribution in [3.8, 4) is 0 Å². The van der Waals surface area contributed by atoms with Crippen LogP contribution in [0.3, 0.4) is 0 Å². The van der Waals surface area contributed by atoms with Gasteiger partial charge in [0.15, 0.2) is 0 Å². The highest BCUT2D eigenvalue weighted by Crippen LogP contribution is 2.22. The monoisotopic (exact) mass is 289 g/mol. The van der Waals surface area contributed by atoms with Crippen molar-refractivity contribution in [2.45, 2.75) is 6.92 Å². The van der Waals surface area contributed by atoms with Crippen LogP contribution in [-0.2, 0) is 0 Å². The molecule has 0 fully saturated rings. The van der Waals surface area contributed by atoms with Crippen molar-refractivity contribution >= 4 is 17.3 Å². The summed E-state index contributed by atoms with van der Waals surface area (Å²) < 4.78 is 0. The van der Waals surface area contributed by atoms with Gasteiger partial charge in [0.25, 0.3) is 0 Å². The second-order valence-corrected chi connectivity index (χ2v) is 5.49. The van der Waals surface area contributed by atoms with Gasteiger partial charge >= 0.3 is 0 Å². The van der Waals surface area contributed by atoms with Crippen molar-refractivity contribution in [2.75, 3.05) is 19.0 Å². The lowest BCUT2D eigenvalue weighted by molar-refractivity contribution is 1.13.